The summed E-state index contributed by atoms with van der Waals surface area (Å²) in [5.41, 5.74) is 5.24. The Balaban J connectivity index is 2.33. The molecule has 0 radical (unpaired) electrons. The molecule has 5 nitrogen and oxygen atoms in total. The van der Waals surface area contributed by atoms with Crippen molar-refractivity contribution >= 4 is 12.0 Å². The van der Waals surface area contributed by atoms with Crippen molar-refractivity contribution in [3.8, 4) is 0 Å². The molecule has 1 heterocycles. The van der Waals surface area contributed by atoms with E-state index in [-0.39, 0.29) is 6.01 Å². The zero-order valence-electron chi connectivity index (χ0n) is 7.37. The average Bonchev–Trinajstić information content (AvgIpc) is 2.47. The van der Waals surface area contributed by atoms with Gasteiger partial charge in [-0.3, -0.25) is 0 Å². The minimum Gasteiger partial charge on any atom is -0.390 e. The molecule has 0 bridgehead atoms. The van der Waals surface area contributed by atoms with Gasteiger partial charge in [0.25, 0.3) is 0 Å². The van der Waals surface area contributed by atoms with Crippen molar-refractivity contribution < 1.29 is 4.42 Å². The van der Waals surface area contributed by atoms with Gasteiger partial charge >= 0.3 is 12.0 Å². The second-order valence-electron chi connectivity index (χ2n) is 2.84. The number of hydrogen-bond donors (Lipinski definition) is 2. The Bertz CT molecular complexity index is 235. The van der Waals surface area contributed by atoms with Crippen molar-refractivity contribution in [2.24, 2.45) is 5.92 Å². The molecule has 0 saturated heterocycles. The average molecular weight is 170 g/mol. The van der Waals surface area contributed by atoms with Gasteiger partial charge in [0.2, 0.25) is 0 Å². The lowest BCUT2D eigenvalue weighted by atomic mass is 10.1. The molecule has 0 fully saturated rings. The Morgan fingerprint density at radius 2 is 2.33 bits per heavy atom. The molecule has 0 aliphatic carbocycles. The first-order valence-corrected chi connectivity index (χ1v) is 4.05. The Kier molecular flexibility index (Phi) is 2.90. The van der Waals surface area contributed by atoms with Crippen LogP contribution in [0.25, 0.3) is 0 Å². The minimum absolute atomic E-state index is 0.0988. The van der Waals surface area contributed by atoms with Gasteiger partial charge in [-0.25, -0.2) is 0 Å². The lowest BCUT2D eigenvalue weighted by Gasteiger charge is -2.06. The summed E-state index contributed by atoms with van der Waals surface area (Å²) in [7, 11) is 0. The van der Waals surface area contributed by atoms with Crippen LogP contribution in [0.1, 0.15) is 20.3 Å². The summed E-state index contributed by atoms with van der Waals surface area (Å²) in [6.45, 7) is 5.11. The lowest BCUT2D eigenvalue weighted by Crippen LogP contribution is -2.10. The number of nitrogens with zero attached hydrogens (tertiary/aromatic N) is 2. The third kappa shape index (κ3) is 2.41. The molecule has 68 valence electrons. The van der Waals surface area contributed by atoms with E-state index in [0.717, 1.165) is 13.0 Å². The van der Waals surface area contributed by atoms with Gasteiger partial charge in [0, 0.05) is 6.54 Å². The van der Waals surface area contributed by atoms with Crippen LogP contribution in [0.3, 0.4) is 0 Å². The topological polar surface area (TPSA) is 77.0 Å². The van der Waals surface area contributed by atoms with Gasteiger partial charge in [0.05, 0.1) is 0 Å². The highest BCUT2D eigenvalue weighted by molar-refractivity contribution is 5.22. The van der Waals surface area contributed by atoms with E-state index in [1.54, 1.807) is 0 Å². The van der Waals surface area contributed by atoms with Crippen molar-refractivity contribution in [1.29, 1.82) is 0 Å². The largest absolute Gasteiger partial charge is 0.390 e. The monoisotopic (exact) mass is 170 g/mol. The van der Waals surface area contributed by atoms with Gasteiger partial charge in [-0.2, -0.15) is 0 Å². The molecule has 0 aromatic carbocycles. The summed E-state index contributed by atoms with van der Waals surface area (Å²) in [6, 6.07) is 0.495. The second kappa shape index (κ2) is 3.94. The molecule has 0 amide bonds. The lowest BCUT2D eigenvalue weighted by molar-refractivity contribution is 0.552. The number of nitrogens with one attached hydrogen (secondary N) is 1. The van der Waals surface area contributed by atoms with Crippen molar-refractivity contribution in [1.82, 2.24) is 10.2 Å². The van der Waals surface area contributed by atoms with Gasteiger partial charge in [-0.05, 0) is 5.92 Å². The van der Waals surface area contributed by atoms with Crippen molar-refractivity contribution in [3.05, 3.63) is 0 Å². The Hall–Kier alpha value is -1.26. The quantitative estimate of drug-likeness (QED) is 0.707. The van der Waals surface area contributed by atoms with Gasteiger partial charge in [0.1, 0.15) is 0 Å². The maximum absolute atomic E-state index is 5.24. The molecule has 0 saturated carbocycles. The van der Waals surface area contributed by atoms with E-state index in [2.05, 4.69) is 29.4 Å². The summed E-state index contributed by atoms with van der Waals surface area (Å²) in [4.78, 5) is 0. The van der Waals surface area contributed by atoms with Gasteiger partial charge in [-0.15, -0.1) is 0 Å². The van der Waals surface area contributed by atoms with Crippen LogP contribution in [-0.2, 0) is 0 Å². The van der Waals surface area contributed by atoms with Crippen LogP contribution in [0.5, 0.6) is 0 Å². The van der Waals surface area contributed by atoms with E-state index in [9.17, 15) is 0 Å². The summed E-state index contributed by atoms with van der Waals surface area (Å²) in [5, 5.41) is 10.2. The molecular formula is C7H14N4O. The third-order valence-electron chi connectivity index (χ3n) is 1.74. The van der Waals surface area contributed by atoms with E-state index in [1.165, 1.54) is 0 Å². The fourth-order valence-corrected chi connectivity index (χ4v) is 0.712. The molecular weight excluding hydrogens is 156 g/mol. The number of hydrogen-bond acceptors (Lipinski definition) is 5. The van der Waals surface area contributed by atoms with Crippen LogP contribution in [0, 0.1) is 5.92 Å². The van der Waals surface area contributed by atoms with Crippen molar-refractivity contribution in [2.45, 2.75) is 20.3 Å². The molecule has 3 N–H and O–H groups in total. The van der Waals surface area contributed by atoms with Crippen molar-refractivity contribution in [3.63, 3.8) is 0 Å². The molecule has 0 aliphatic rings. The first-order valence-electron chi connectivity index (χ1n) is 4.05. The highest BCUT2D eigenvalue weighted by Crippen LogP contribution is 2.07. The number of nitrogens with two attached hydrogens (primary N) is 1. The zero-order chi connectivity index (χ0) is 8.97. The number of anilines is 2. The van der Waals surface area contributed by atoms with E-state index in [1.807, 2.05) is 0 Å². The van der Waals surface area contributed by atoms with E-state index >= 15 is 0 Å². The van der Waals surface area contributed by atoms with E-state index < -0.39 is 0 Å². The van der Waals surface area contributed by atoms with Gasteiger partial charge < -0.3 is 15.5 Å². The van der Waals surface area contributed by atoms with Gasteiger partial charge in [-0.1, -0.05) is 30.5 Å². The first kappa shape index (κ1) is 8.83. The van der Waals surface area contributed by atoms with Crippen LogP contribution >= 0.6 is 0 Å². The summed E-state index contributed by atoms with van der Waals surface area (Å²) in [6.07, 6.45) is 1.12. The third-order valence-corrected chi connectivity index (χ3v) is 1.74. The molecule has 1 rings (SSSR count). The van der Waals surface area contributed by atoms with Crippen molar-refractivity contribution in [2.75, 3.05) is 17.6 Å². The first-order chi connectivity index (χ1) is 5.72. The normalized spacial score (nSPS) is 12.8. The fourth-order valence-electron chi connectivity index (χ4n) is 0.712. The van der Waals surface area contributed by atoms with Gasteiger partial charge in [0.15, 0.2) is 0 Å². The minimum atomic E-state index is 0.0988. The van der Waals surface area contributed by atoms with Crippen LogP contribution in [0.4, 0.5) is 12.0 Å². The molecule has 0 spiro atoms. The predicted molar refractivity (Wildman–Crippen MR) is 46.7 cm³/mol. The zero-order valence-corrected chi connectivity index (χ0v) is 7.37. The Morgan fingerprint density at radius 3 is 2.83 bits per heavy atom. The second-order valence-corrected chi connectivity index (χ2v) is 2.84. The number of aromatic nitrogens is 2. The number of nitrogen functional groups attached to an aromatic ring is 1. The SMILES string of the molecule is CCC(C)CNc1nnc(N)o1. The molecule has 1 unspecified atom stereocenters. The molecule has 1 aromatic heterocycles. The highest BCUT2D eigenvalue weighted by atomic mass is 16.4. The molecule has 1 aromatic rings. The molecule has 1 atom stereocenters. The fraction of sp³-hybridized carbons (Fsp3) is 0.714. The van der Waals surface area contributed by atoms with Crippen LogP contribution in [0.2, 0.25) is 0 Å². The number of rotatable bonds is 4. The van der Waals surface area contributed by atoms with Crippen LogP contribution in [-0.4, -0.2) is 16.7 Å². The molecule has 12 heavy (non-hydrogen) atoms. The Labute approximate surface area is 71.3 Å². The predicted octanol–water partition coefficient (Wildman–Crippen LogP) is 1.11. The van der Waals surface area contributed by atoms with E-state index in [4.69, 9.17) is 10.2 Å². The molecule has 0 aliphatic heterocycles. The summed E-state index contributed by atoms with van der Waals surface area (Å²) >= 11 is 0. The smallest absolute Gasteiger partial charge is 0.316 e. The van der Waals surface area contributed by atoms with Crippen LogP contribution in [0.15, 0.2) is 4.42 Å². The standard InChI is InChI=1S/C7H14N4O/c1-3-5(2)4-9-7-11-10-6(8)12-7/h5H,3-4H2,1-2H3,(H2,8,10)(H,9,11). The maximum Gasteiger partial charge on any atom is 0.316 e. The summed E-state index contributed by atoms with van der Waals surface area (Å²) < 4.78 is 4.92. The molecule has 5 heteroatoms. The Morgan fingerprint density at radius 1 is 1.58 bits per heavy atom. The summed E-state index contributed by atoms with van der Waals surface area (Å²) in [5.74, 6) is 0.595. The van der Waals surface area contributed by atoms with E-state index in [0.29, 0.717) is 11.9 Å². The van der Waals surface area contributed by atoms with Crippen LogP contribution < -0.4 is 11.1 Å². The highest BCUT2D eigenvalue weighted by Gasteiger charge is 2.03. The maximum atomic E-state index is 5.24.